The lowest BCUT2D eigenvalue weighted by atomic mass is 10.0. The Balaban J connectivity index is 1.37. The van der Waals surface area contributed by atoms with Crippen molar-refractivity contribution < 1.29 is 9.47 Å². The van der Waals surface area contributed by atoms with Crippen molar-refractivity contribution in [2.24, 2.45) is 0 Å². The van der Waals surface area contributed by atoms with Gasteiger partial charge in [0.1, 0.15) is 5.75 Å². The number of H-pyrrole nitrogens is 1. The topological polar surface area (TPSA) is 101 Å². The summed E-state index contributed by atoms with van der Waals surface area (Å²) in [5, 5.41) is 13.6. The number of morpholine rings is 1. The molecule has 0 aliphatic carbocycles. The van der Waals surface area contributed by atoms with Crippen LogP contribution < -0.4 is 10.3 Å². The Morgan fingerprint density at radius 1 is 1.05 bits per heavy atom. The number of ether oxygens (including phenoxy) is 2. The molecule has 1 N–H and O–H groups in total. The Morgan fingerprint density at radius 2 is 1.82 bits per heavy atom. The molecule has 0 saturated carbocycles. The Hall–Kier alpha value is -3.60. The van der Waals surface area contributed by atoms with E-state index < -0.39 is 0 Å². The van der Waals surface area contributed by atoms with Crippen LogP contribution in [-0.2, 0) is 24.4 Å². The first-order valence-corrected chi connectivity index (χ1v) is 13.0. The number of aromatic amines is 1. The average molecular weight is 518 g/mol. The molecule has 200 valence electrons. The second-order valence-corrected chi connectivity index (χ2v) is 9.91. The summed E-state index contributed by atoms with van der Waals surface area (Å²) in [5.74, 6) is 1.57. The van der Waals surface area contributed by atoms with E-state index in [0.717, 1.165) is 78.6 Å². The summed E-state index contributed by atoms with van der Waals surface area (Å²) in [6.07, 6.45) is 0. The molecule has 4 aromatic rings. The molecule has 38 heavy (non-hydrogen) atoms. The highest BCUT2D eigenvalue weighted by molar-refractivity contribution is 5.80. The van der Waals surface area contributed by atoms with Gasteiger partial charge in [0.05, 0.1) is 33.4 Å². The quantitative estimate of drug-likeness (QED) is 0.343. The highest BCUT2D eigenvalue weighted by atomic mass is 16.5. The number of aromatic nitrogens is 5. The number of rotatable bonds is 10. The van der Waals surface area contributed by atoms with Crippen LogP contribution in [0.15, 0.2) is 47.3 Å². The molecule has 0 atom stereocenters. The summed E-state index contributed by atoms with van der Waals surface area (Å²) in [6, 6.07) is 14.1. The lowest BCUT2D eigenvalue weighted by molar-refractivity contribution is 0.0322. The minimum absolute atomic E-state index is 0.0602. The molecule has 10 heteroatoms. The van der Waals surface area contributed by atoms with Crippen LogP contribution in [0.5, 0.6) is 5.75 Å². The highest BCUT2D eigenvalue weighted by Gasteiger charge is 2.18. The first kappa shape index (κ1) is 26.0. The predicted octanol–water partition coefficient (Wildman–Crippen LogP) is 2.52. The fourth-order valence-electron chi connectivity index (χ4n) is 4.77. The second-order valence-electron chi connectivity index (χ2n) is 9.91. The first-order chi connectivity index (χ1) is 18.5. The second kappa shape index (κ2) is 11.8. The minimum Gasteiger partial charge on any atom is -0.497 e. The normalized spacial score (nSPS) is 14.4. The van der Waals surface area contributed by atoms with Crippen LogP contribution in [0.25, 0.3) is 10.9 Å². The standard InChI is InChI=1S/C28H35N7O3/c1-20-14-23-16-24(28(36)29-26(23)15-21(20)2)18-34(9-8-33-10-12-38-13-11-33)19-27-30-31-32-35(27)17-22-4-6-25(37-3)7-5-22/h4-7,14-16H,8-13,17-19H2,1-3H3,(H,29,36). The molecule has 2 aromatic carbocycles. The van der Waals surface area contributed by atoms with Gasteiger partial charge in [0.2, 0.25) is 0 Å². The van der Waals surface area contributed by atoms with Crippen LogP contribution in [0.4, 0.5) is 0 Å². The van der Waals surface area contributed by atoms with Crippen LogP contribution in [0.3, 0.4) is 0 Å². The van der Waals surface area contributed by atoms with Crippen molar-refractivity contribution in [3.63, 3.8) is 0 Å². The van der Waals surface area contributed by atoms with Crippen molar-refractivity contribution in [3.05, 3.63) is 80.9 Å². The summed E-state index contributed by atoms with van der Waals surface area (Å²) >= 11 is 0. The van der Waals surface area contributed by atoms with Gasteiger partial charge in [0.15, 0.2) is 5.82 Å². The molecule has 5 rings (SSSR count). The Kier molecular flexibility index (Phi) is 8.11. The van der Waals surface area contributed by atoms with Crippen LogP contribution in [0, 0.1) is 13.8 Å². The molecule has 2 aromatic heterocycles. The third-order valence-electron chi connectivity index (χ3n) is 7.23. The lowest BCUT2D eigenvalue weighted by Crippen LogP contribution is -2.41. The molecule has 0 radical (unpaired) electrons. The largest absolute Gasteiger partial charge is 0.497 e. The van der Waals surface area contributed by atoms with Gasteiger partial charge in [0, 0.05) is 43.8 Å². The number of nitrogens with zero attached hydrogens (tertiary/aromatic N) is 6. The Bertz CT molecular complexity index is 1420. The summed E-state index contributed by atoms with van der Waals surface area (Å²) in [7, 11) is 1.66. The zero-order chi connectivity index (χ0) is 26.5. The van der Waals surface area contributed by atoms with Gasteiger partial charge in [-0.25, -0.2) is 4.68 Å². The number of pyridine rings is 1. The van der Waals surface area contributed by atoms with Crippen molar-refractivity contribution >= 4 is 10.9 Å². The fraction of sp³-hybridized carbons (Fsp3) is 0.429. The number of fused-ring (bicyclic) bond motifs is 1. The smallest absolute Gasteiger partial charge is 0.252 e. The summed E-state index contributed by atoms with van der Waals surface area (Å²) in [4.78, 5) is 20.8. The summed E-state index contributed by atoms with van der Waals surface area (Å²) < 4.78 is 12.6. The third-order valence-corrected chi connectivity index (χ3v) is 7.23. The average Bonchev–Trinajstić information content (AvgIpc) is 3.36. The number of methoxy groups -OCH3 is 1. The Labute approximate surface area is 222 Å². The van der Waals surface area contributed by atoms with E-state index in [1.807, 2.05) is 41.1 Å². The van der Waals surface area contributed by atoms with Crippen molar-refractivity contribution in [2.75, 3.05) is 46.5 Å². The van der Waals surface area contributed by atoms with Crippen molar-refractivity contribution in [3.8, 4) is 5.75 Å². The van der Waals surface area contributed by atoms with Gasteiger partial charge in [-0.3, -0.25) is 14.6 Å². The lowest BCUT2D eigenvalue weighted by Gasteiger charge is -2.29. The van der Waals surface area contributed by atoms with Gasteiger partial charge in [-0.15, -0.1) is 5.10 Å². The van der Waals surface area contributed by atoms with Crippen molar-refractivity contribution in [2.45, 2.75) is 33.5 Å². The number of tetrazole rings is 1. The molecular formula is C28H35N7O3. The molecule has 10 nitrogen and oxygen atoms in total. The first-order valence-electron chi connectivity index (χ1n) is 13.0. The minimum atomic E-state index is -0.0602. The van der Waals surface area contributed by atoms with E-state index in [9.17, 15) is 4.79 Å². The zero-order valence-corrected chi connectivity index (χ0v) is 22.3. The molecule has 1 aliphatic heterocycles. The van der Waals surface area contributed by atoms with E-state index in [1.165, 1.54) is 5.56 Å². The molecule has 0 spiro atoms. The van der Waals surface area contributed by atoms with Gasteiger partial charge in [-0.2, -0.15) is 0 Å². The van der Waals surface area contributed by atoms with E-state index in [1.54, 1.807) is 7.11 Å². The number of nitrogens with one attached hydrogen (secondary N) is 1. The van der Waals surface area contributed by atoms with Gasteiger partial charge < -0.3 is 14.5 Å². The van der Waals surface area contributed by atoms with Gasteiger partial charge in [-0.1, -0.05) is 12.1 Å². The van der Waals surface area contributed by atoms with Crippen LogP contribution in [0.2, 0.25) is 0 Å². The summed E-state index contributed by atoms with van der Waals surface area (Å²) in [5.41, 5.74) is 4.99. The number of benzene rings is 2. The maximum Gasteiger partial charge on any atom is 0.252 e. The van der Waals surface area contributed by atoms with Gasteiger partial charge in [-0.05, 0) is 76.7 Å². The SMILES string of the molecule is COc1ccc(Cn2nnnc2CN(CCN2CCOCC2)Cc2cc3cc(C)c(C)cc3[nH]c2=O)cc1. The molecule has 0 unspecified atom stereocenters. The maximum atomic E-state index is 13.1. The molecule has 0 bridgehead atoms. The van der Waals surface area contributed by atoms with Crippen LogP contribution in [-0.4, -0.2) is 81.5 Å². The van der Waals surface area contributed by atoms with E-state index in [-0.39, 0.29) is 5.56 Å². The molecule has 1 fully saturated rings. The predicted molar refractivity (Wildman–Crippen MR) is 145 cm³/mol. The van der Waals surface area contributed by atoms with E-state index in [2.05, 4.69) is 50.2 Å². The molecule has 0 amide bonds. The van der Waals surface area contributed by atoms with Crippen LogP contribution in [0.1, 0.15) is 28.1 Å². The summed E-state index contributed by atoms with van der Waals surface area (Å²) in [6.45, 7) is 10.7. The fourth-order valence-corrected chi connectivity index (χ4v) is 4.77. The number of aryl methyl sites for hydroxylation is 2. The highest BCUT2D eigenvalue weighted by Crippen LogP contribution is 2.18. The van der Waals surface area contributed by atoms with Gasteiger partial charge in [0.25, 0.3) is 5.56 Å². The molecular weight excluding hydrogens is 482 g/mol. The molecule has 1 aliphatic rings. The van der Waals surface area contributed by atoms with Crippen molar-refractivity contribution in [1.82, 2.24) is 35.0 Å². The van der Waals surface area contributed by atoms with E-state index in [0.29, 0.717) is 19.6 Å². The molecule has 1 saturated heterocycles. The van der Waals surface area contributed by atoms with Crippen molar-refractivity contribution in [1.29, 1.82) is 0 Å². The zero-order valence-electron chi connectivity index (χ0n) is 22.3. The molecule has 3 heterocycles. The van der Waals surface area contributed by atoms with Gasteiger partial charge >= 0.3 is 0 Å². The van der Waals surface area contributed by atoms with E-state index >= 15 is 0 Å². The maximum absolute atomic E-state index is 13.1. The van der Waals surface area contributed by atoms with E-state index in [4.69, 9.17) is 9.47 Å². The third kappa shape index (κ3) is 6.27. The van der Waals surface area contributed by atoms with Crippen LogP contribution >= 0.6 is 0 Å². The monoisotopic (exact) mass is 517 g/mol. The number of hydrogen-bond acceptors (Lipinski definition) is 8. The number of hydrogen-bond donors (Lipinski definition) is 1. The Morgan fingerprint density at radius 3 is 2.58 bits per heavy atom.